The lowest BCUT2D eigenvalue weighted by Crippen LogP contribution is -2.43. The summed E-state index contributed by atoms with van der Waals surface area (Å²) in [5, 5.41) is 8.21. The maximum absolute atomic E-state index is 6.57. The Balaban J connectivity index is 2.21. The number of H-pyrrole nitrogens is 1. The second-order valence-electron chi connectivity index (χ2n) is 10.5. The van der Waals surface area contributed by atoms with Gasteiger partial charge in [0.15, 0.2) is 11.5 Å². The van der Waals surface area contributed by atoms with Gasteiger partial charge in [-0.15, -0.1) is 0 Å². The lowest BCUT2D eigenvalue weighted by atomic mass is 9.88. The molecule has 0 aliphatic rings. The van der Waals surface area contributed by atoms with E-state index in [-0.39, 0.29) is 10.5 Å². The second kappa shape index (κ2) is 6.87. The number of nitrogens with two attached hydrogens (primary N) is 1. The van der Waals surface area contributed by atoms with Crippen molar-refractivity contribution in [2.75, 3.05) is 5.73 Å². The number of benzene rings is 1. The first-order chi connectivity index (χ1) is 13.2. The third kappa shape index (κ3) is 4.03. The minimum Gasteiger partial charge on any atom is -0.543 e. The van der Waals surface area contributed by atoms with Crippen LogP contribution < -0.4 is 10.2 Å². The van der Waals surface area contributed by atoms with Crippen molar-refractivity contribution in [3.8, 4) is 16.9 Å². The van der Waals surface area contributed by atoms with Crippen LogP contribution in [0.15, 0.2) is 24.3 Å². The molecule has 5 nitrogen and oxygen atoms in total. The van der Waals surface area contributed by atoms with Gasteiger partial charge in [-0.1, -0.05) is 47.6 Å². The fourth-order valence-electron chi connectivity index (χ4n) is 3.05. The molecule has 3 N–H and O–H groups in total. The Kier molecular flexibility index (Phi) is 5.06. The zero-order chi connectivity index (χ0) is 21.8. The van der Waals surface area contributed by atoms with Gasteiger partial charge in [-0.05, 0) is 59.9 Å². The molecule has 0 atom stereocenters. The molecule has 0 saturated carbocycles. The number of nitrogens with zero attached hydrogens (tertiary/aromatic N) is 2. The Morgan fingerprint density at radius 2 is 1.66 bits per heavy atom. The molecule has 1 aromatic carbocycles. The van der Waals surface area contributed by atoms with Gasteiger partial charge in [0.2, 0.25) is 8.32 Å². The van der Waals surface area contributed by atoms with Crippen molar-refractivity contribution in [2.45, 2.75) is 72.0 Å². The summed E-state index contributed by atoms with van der Waals surface area (Å²) < 4.78 is 6.57. The zero-order valence-corrected chi connectivity index (χ0v) is 20.2. The molecule has 29 heavy (non-hydrogen) atoms. The third-order valence-electron chi connectivity index (χ3n) is 6.00. The van der Waals surface area contributed by atoms with Crippen LogP contribution in [0, 0.1) is 6.92 Å². The van der Waals surface area contributed by atoms with E-state index in [4.69, 9.17) is 15.1 Å². The number of aromatic amines is 1. The smallest absolute Gasteiger partial charge is 0.250 e. The Morgan fingerprint density at radius 1 is 1.00 bits per heavy atom. The highest BCUT2D eigenvalue weighted by atomic mass is 28.4. The fraction of sp³-hybridized carbons (Fsp3) is 0.478. The number of anilines is 1. The predicted molar refractivity (Wildman–Crippen MR) is 125 cm³/mol. The highest BCUT2D eigenvalue weighted by Crippen LogP contribution is 2.40. The van der Waals surface area contributed by atoms with Gasteiger partial charge in [-0.3, -0.25) is 5.10 Å². The SMILES string of the molecule is Cc1ccc(O[Si](C)(C)C(C)(C)C)cc1-c1cc(C(C)(C)C)nc2[nH]nc(N)c12. The summed E-state index contributed by atoms with van der Waals surface area (Å²) in [6.45, 7) is 19.9. The van der Waals surface area contributed by atoms with Crippen molar-refractivity contribution in [1.82, 2.24) is 15.2 Å². The van der Waals surface area contributed by atoms with Crippen molar-refractivity contribution in [1.29, 1.82) is 0 Å². The van der Waals surface area contributed by atoms with E-state index in [1.54, 1.807) is 0 Å². The lowest BCUT2D eigenvalue weighted by molar-refractivity contribution is 0.492. The van der Waals surface area contributed by atoms with E-state index in [2.05, 4.69) is 96.0 Å². The van der Waals surface area contributed by atoms with Crippen LogP contribution in [0.25, 0.3) is 22.2 Å². The van der Waals surface area contributed by atoms with E-state index in [1.165, 1.54) is 5.56 Å². The number of aryl methyl sites for hydroxylation is 1. The molecule has 0 aliphatic heterocycles. The molecule has 2 aromatic heterocycles. The molecule has 3 aromatic rings. The molecular weight excluding hydrogens is 376 g/mol. The third-order valence-corrected chi connectivity index (χ3v) is 10.4. The van der Waals surface area contributed by atoms with Crippen molar-refractivity contribution in [2.24, 2.45) is 0 Å². The van der Waals surface area contributed by atoms with Gasteiger partial charge < -0.3 is 10.2 Å². The van der Waals surface area contributed by atoms with Crippen LogP contribution >= 0.6 is 0 Å². The number of rotatable bonds is 3. The van der Waals surface area contributed by atoms with Crippen molar-refractivity contribution < 1.29 is 4.43 Å². The topological polar surface area (TPSA) is 76.8 Å². The summed E-state index contributed by atoms with van der Waals surface area (Å²) in [5.41, 5.74) is 11.2. The molecule has 0 unspecified atom stereocenters. The van der Waals surface area contributed by atoms with Gasteiger partial charge in [0.05, 0.1) is 5.39 Å². The van der Waals surface area contributed by atoms with Gasteiger partial charge in [0.1, 0.15) is 5.75 Å². The normalized spacial score (nSPS) is 13.1. The number of nitrogen functional groups attached to an aromatic ring is 1. The van der Waals surface area contributed by atoms with Crippen LogP contribution in [-0.2, 0) is 5.41 Å². The number of fused-ring (bicyclic) bond motifs is 1. The highest BCUT2D eigenvalue weighted by molar-refractivity contribution is 6.74. The van der Waals surface area contributed by atoms with Crippen molar-refractivity contribution >= 4 is 25.2 Å². The molecule has 0 fully saturated rings. The van der Waals surface area contributed by atoms with Crippen LogP contribution in [0.3, 0.4) is 0 Å². The molecule has 156 valence electrons. The van der Waals surface area contributed by atoms with Crippen LogP contribution in [0.2, 0.25) is 18.1 Å². The van der Waals surface area contributed by atoms with E-state index in [1.807, 2.05) is 0 Å². The quantitative estimate of drug-likeness (QED) is 0.504. The van der Waals surface area contributed by atoms with E-state index >= 15 is 0 Å². The summed E-state index contributed by atoms with van der Waals surface area (Å²) in [6.07, 6.45) is 0. The molecule has 0 saturated heterocycles. The average Bonchev–Trinajstić information content (AvgIpc) is 2.95. The molecule has 0 amide bonds. The van der Waals surface area contributed by atoms with E-state index in [0.29, 0.717) is 5.82 Å². The van der Waals surface area contributed by atoms with Gasteiger partial charge in [0, 0.05) is 11.1 Å². The maximum Gasteiger partial charge on any atom is 0.250 e. The van der Waals surface area contributed by atoms with E-state index in [0.717, 1.165) is 33.6 Å². The number of aromatic nitrogens is 3. The molecule has 0 aliphatic carbocycles. The highest BCUT2D eigenvalue weighted by Gasteiger charge is 2.39. The Hall–Kier alpha value is -2.34. The molecule has 0 radical (unpaired) electrons. The zero-order valence-electron chi connectivity index (χ0n) is 19.2. The minimum absolute atomic E-state index is 0.0913. The predicted octanol–water partition coefficient (Wildman–Crippen LogP) is 6.20. The standard InChI is InChI=1S/C23H34N4OSi/c1-14-10-11-15(28-29(8,9)23(5,6)7)12-16(14)17-13-18(22(2,3)4)25-21-19(17)20(24)26-27-21/h10-13H,1-9H3,(H3,24,25,26,27). The monoisotopic (exact) mass is 410 g/mol. The molecule has 0 spiro atoms. The number of hydrogen-bond donors (Lipinski definition) is 2. The number of nitrogens with one attached hydrogen (secondary N) is 1. The van der Waals surface area contributed by atoms with Crippen LogP contribution in [0.5, 0.6) is 5.75 Å². The van der Waals surface area contributed by atoms with Gasteiger partial charge in [0.25, 0.3) is 0 Å². The van der Waals surface area contributed by atoms with Gasteiger partial charge in [-0.2, -0.15) is 5.10 Å². The van der Waals surface area contributed by atoms with Crippen LogP contribution in [-0.4, -0.2) is 23.5 Å². The second-order valence-corrected chi connectivity index (χ2v) is 15.2. The fourth-order valence-corrected chi connectivity index (χ4v) is 4.08. The summed E-state index contributed by atoms with van der Waals surface area (Å²) in [7, 11) is -1.93. The van der Waals surface area contributed by atoms with Crippen LogP contribution in [0.4, 0.5) is 5.82 Å². The van der Waals surface area contributed by atoms with Gasteiger partial charge in [-0.25, -0.2) is 4.98 Å². The first-order valence-corrected chi connectivity index (χ1v) is 13.1. The summed E-state index contributed by atoms with van der Waals surface area (Å²) >= 11 is 0. The molecule has 2 heterocycles. The van der Waals surface area contributed by atoms with Gasteiger partial charge >= 0.3 is 0 Å². The average molecular weight is 411 g/mol. The molecule has 6 heteroatoms. The first kappa shape index (κ1) is 21.4. The summed E-state index contributed by atoms with van der Waals surface area (Å²) in [4.78, 5) is 4.77. The van der Waals surface area contributed by atoms with Crippen molar-refractivity contribution in [3.63, 3.8) is 0 Å². The molecule has 3 rings (SSSR count). The van der Waals surface area contributed by atoms with E-state index in [9.17, 15) is 0 Å². The number of pyridine rings is 1. The van der Waals surface area contributed by atoms with E-state index < -0.39 is 8.32 Å². The molecular formula is C23H34N4OSi. The Bertz CT molecular complexity index is 1060. The summed E-state index contributed by atoms with van der Waals surface area (Å²) in [5.74, 6) is 1.37. The molecule has 0 bridgehead atoms. The Morgan fingerprint density at radius 3 is 2.24 bits per heavy atom. The largest absolute Gasteiger partial charge is 0.543 e. The number of hydrogen-bond acceptors (Lipinski definition) is 4. The van der Waals surface area contributed by atoms with Crippen molar-refractivity contribution in [3.05, 3.63) is 35.5 Å². The minimum atomic E-state index is -1.93. The first-order valence-electron chi connectivity index (χ1n) is 10.2. The lowest BCUT2D eigenvalue weighted by Gasteiger charge is -2.36. The summed E-state index contributed by atoms with van der Waals surface area (Å²) in [6, 6.07) is 8.48. The Labute approximate surface area is 175 Å². The van der Waals surface area contributed by atoms with Crippen LogP contribution in [0.1, 0.15) is 52.8 Å². The maximum atomic E-state index is 6.57.